The Morgan fingerprint density at radius 3 is 2.54 bits per heavy atom. The van der Waals surface area contributed by atoms with Crippen LogP contribution in [0.3, 0.4) is 0 Å². The normalized spacial score (nSPS) is 17.5. The SMILES string of the molecule is CCC(C)NC(=O)CN1CCN(Cc2ccc(OC)cc2Cl)CC1. The predicted octanol–water partition coefficient (Wildman–Crippen LogP) is 2.38. The number of nitrogens with one attached hydrogen (secondary N) is 1. The number of amides is 1. The summed E-state index contributed by atoms with van der Waals surface area (Å²) in [5.41, 5.74) is 1.11. The second kappa shape index (κ2) is 9.25. The lowest BCUT2D eigenvalue weighted by Crippen LogP contribution is -2.49. The van der Waals surface area contributed by atoms with Gasteiger partial charge in [0.1, 0.15) is 5.75 Å². The van der Waals surface area contributed by atoms with E-state index in [1.807, 2.05) is 25.1 Å². The molecule has 0 aliphatic carbocycles. The highest BCUT2D eigenvalue weighted by Gasteiger charge is 2.20. The molecule has 0 bridgehead atoms. The summed E-state index contributed by atoms with van der Waals surface area (Å²) in [5, 5.41) is 3.76. The summed E-state index contributed by atoms with van der Waals surface area (Å²) in [6, 6.07) is 6.06. The van der Waals surface area contributed by atoms with Crippen LogP contribution in [0.1, 0.15) is 25.8 Å². The zero-order chi connectivity index (χ0) is 17.5. The highest BCUT2D eigenvalue weighted by molar-refractivity contribution is 6.31. The van der Waals surface area contributed by atoms with E-state index >= 15 is 0 Å². The Hall–Kier alpha value is -1.30. The van der Waals surface area contributed by atoms with Crippen molar-refractivity contribution < 1.29 is 9.53 Å². The third-order valence-electron chi connectivity index (χ3n) is 4.51. The van der Waals surface area contributed by atoms with Crippen molar-refractivity contribution >= 4 is 17.5 Å². The molecule has 1 aromatic carbocycles. The number of ether oxygens (including phenoxy) is 1. The van der Waals surface area contributed by atoms with Crippen molar-refractivity contribution in [2.24, 2.45) is 0 Å². The molecule has 1 aliphatic heterocycles. The molecule has 1 amide bonds. The Kier molecular flexibility index (Phi) is 7.34. The highest BCUT2D eigenvalue weighted by Crippen LogP contribution is 2.23. The van der Waals surface area contributed by atoms with Crippen molar-refractivity contribution in [1.82, 2.24) is 15.1 Å². The maximum absolute atomic E-state index is 12.0. The summed E-state index contributed by atoms with van der Waals surface area (Å²) in [4.78, 5) is 16.5. The van der Waals surface area contributed by atoms with E-state index < -0.39 is 0 Å². The Balaban J connectivity index is 1.77. The fraction of sp³-hybridized carbons (Fsp3) is 0.611. The van der Waals surface area contributed by atoms with Crippen molar-refractivity contribution in [2.75, 3.05) is 39.8 Å². The van der Waals surface area contributed by atoms with E-state index in [0.717, 1.165) is 55.5 Å². The topological polar surface area (TPSA) is 44.8 Å². The number of nitrogens with zero attached hydrogens (tertiary/aromatic N) is 2. The van der Waals surface area contributed by atoms with Gasteiger partial charge in [-0.2, -0.15) is 0 Å². The average Bonchev–Trinajstić information content (AvgIpc) is 2.58. The van der Waals surface area contributed by atoms with E-state index in [0.29, 0.717) is 6.54 Å². The van der Waals surface area contributed by atoms with Gasteiger partial charge in [0.15, 0.2) is 0 Å². The van der Waals surface area contributed by atoms with Crippen LogP contribution in [-0.4, -0.2) is 61.6 Å². The van der Waals surface area contributed by atoms with Crippen LogP contribution in [0.4, 0.5) is 0 Å². The number of benzene rings is 1. The molecule has 1 saturated heterocycles. The molecule has 1 atom stereocenters. The Bertz CT molecular complexity index is 545. The lowest BCUT2D eigenvalue weighted by Gasteiger charge is -2.34. The maximum Gasteiger partial charge on any atom is 0.234 e. The fourth-order valence-electron chi connectivity index (χ4n) is 2.76. The first-order valence-electron chi connectivity index (χ1n) is 8.58. The van der Waals surface area contributed by atoms with Gasteiger partial charge in [-0.25, -0.2) is 0 Å². The van der Waals surface area contributed by atoms with Gasteiger partial charge in [0, 0.05) is 43.8 Å². The Labute approximate surface area is 149 Å². The summed E-state index contributed by atoms with van der Waals surface area (Å²) in [6.07, 6.45) is 0.960. The molecular weight excluding hydrogens is 326 g/mol. The second-order valence-corrected chi connectivity index (χ2v) is 6.79. The monoisotopic (exact) mass is 353 g/mol. The summed E-state index contributed by atoms with van der Waals surface area (Å²) in [5.74, 6) is 0.900. The largest absolute Gasteiger partial charge is 0.497 e. The van der Waals surface area contributed by atoms with Crippen LogP contribution in [0.15, 0.2) is 18.2 Å². The number of rotatable bonds is 7. The van der Waals surface area contributed by atoms with E-state index in [9.17, 15) is 4.79 Å². The van der Waals surface area contributed by atoms with Gasteiger partial charge in [-0.15, -0.1) is 0 Å². The Morgan fingerprint density at radius 1 is 1.29 bits per heavy atom. The number of carbonyl (C=O) groups excluding carboxylic acids is 1. The molecule has 1 heterocycles. The van der Waals surface area contributed by atoms with Gasteiger partial charge >= 0.3 is 0 Å². The number of carbonyl (C=O) groups is 1. The lowest BCUT2D eigenvalue weighted by molar-refractivity contribution is -0.123. The molecular formula is C18H28ClN3O2. The fourth-order valence-corrected chi connectivity index (χ4v) is 2.99. The first-order chi connectivity index (χ1) is 11.5. The minimum absolute atomic E-state index is 0.121. The average molecular weight is 354 g/mol. The first-order valence-corrected chi connectivity index (χ1v) is 8.96. The number of piperazine rings is 1. The molecule has 134 valence electrons. The van der Waals surface area contributed by atoms with E-state index in [1.54, 1.807) is 7.11 Å². The van der Waals surface area contributed by atoms with Crippen LogP contribution in [0.5, 0.6) is 5.75 Å². The van der Waals surface area contributed by atoms with E-state index in [4.69, 9.17) is 16.3 Å². The van der Waals surface area contributed by atoms with Gasteiger partial charge in [-0.05, 0) is 31.0 Å². The molecule has 6 heteroatoms. The third kappa shape index (κ3) is 5.65. The maximum atomic E-state index is 12.0. The summed E-state index contributed by atoms with van der Waals surface area (Å²) >= 11 is 6.32. The summed E-state index contributed by atoms with van der Waals surface area (Å²) in [6.45, 7) is 9.13. The third-order valence-corrected chi connectivity index (χ3v) is 4.86. The van der Waals surface area contributed by atoms with E-state index in [1.165, 1.54) is 0 Å². The second-order valence-electron chi connectivity index (χ2n) is 6.39. The van der Waals surface area contributed by atoms with Crippen LogP contribution in [0, 0.1) is 0 Å². The quantitative estimate of drug-likeness (QED) is 0.817. The smallest absolute Gasteiger partial charge is 0.234 e. The van der Waals surface area contributed by atoms with Gasteiger partial charge in [-0.3, -0.25) is 14.6 Å². The van der Waals surface area contributed by atoms with Crippen LogP contribution in [0.2, 0.25) is 5.02 Å². The lowest BCUT2D eigenvalue weighted by atomic mass is 10.2. The van der Waals surface area contributed by atoms with Crippen LogP contribution in [0.25, 0.3) is 0 Å². The zero-order valence-corrected chi connectivity index (χ0v) is 15.6. The predicted molar refractivity (Wildman–Crippen MR) is 97.6 cm³/mol. The molecule has 1 unspecified atom stereocenters. The van der Waals surface area contributed by atoms with E-state index in [2.05, 4.69) is 22.0 Å². The molecule has 0 saturated carbocycles. The number of hydrogen-bond acceptors (Lipinski definition) is 4. The van der Waals surface area contributed by atoms with Gasteiger partial charge in [0.25, 0.3) is 0 Å². The molecule has 2 rings (SSSR count). The van der Waals surface area contributed by atoms with Crippen molar-refractivity contribution in [1.29, 1.82) is 0 Å². The Morgan fingerprint density at radius 2 is 1.96 bits per heavy atom. The zero-order valence-electron chi connectivity index (χ0n) is 14.8. The molecule has 1 aliphatic rings. The number of halogens is 1. The van der Waals surface area contributed by atoms with Crippen LogP contribution >= 0.6 is 11.6 Å². The summed E-state index contributed by atoms with van der Waals surface area (Å²) in [7, 11) is 1.64. The van der Waals surface area contributed by atoms with Crippen molar-refractivity contribution in [3.05, 3.63) is 28.8 Å². The standard InChI is InChI=1S/C18H28ClN3O2/c1-4-14(2)20-18(23)13-22-9-7-21(8-10-22)12-15-5-6-16(24-3)11-17(15)19/h5-6,11,14H,4,7-10,12-13H2,1-3H3,(H,20,23). The molecule has 0 aromatic heterocycles. The van der Waals surface area contributed by atoms with Gasteiger partial charge < -0.3 is 10.1 Å². The number of hydrogen-bond donors (Lipinski definition) is 1. The highest BCUT2D eigenvalue weighted by atomic mass is 35.5. The molecule has 1 aromatic rings. The first kappa shape index (κ1) is 19.0. The van der Waals surface area contributed by atoms with Crippen molar-refractivity contribution in [2.45, 2.75) is 32.9 Å². The van der Waals surface area contributed by atoms with E-state index in [-0.39, 0.29) is 11.9 Å². The molecule has 0 spiro atoms. The number of methoxy groups -OCH3 is 1. The van der Waals surface area contributed by atoms with Gasteiger partial charge in [0.2, 0.25) is 5.91 Å². The van der Waals surface area contributed by atoms with Gasteiger partial charge in [0.05, 0.1) is 13.7 Å². The molecule has 0 radical (unpaired) electrons. The molecule has 1 N–H and O–H groups in total. The van der Waals surface area contributed by atoms with Crippen LogP contribution in [-0.2, 0) is 11.3 Å². The van der Waals surface area contributed by atoms with Gasteiger partial charge in [-0.1, -0.05) is 24.6 Å². The minimum atomic E-state index is 0.121. The molecule has 1 fully saturated rings. The van der Waals surface area contributed by atoms with Crippen molar-refractivity contribution in [3.63, 3.8) is 0 Å². The minimum Gasteiger partial charge on any atom is -0.497 e. The van der Waals surface area contributed by atoms with Crippen molar-refractivity contribution in [3.8, 4) is 5.75 Å². The summed E-state index contributed by atoms with van der Waals surface area (Å²) < 4.78 is 5.18. The molecule has 5 nitrogen and oxygen atoms in total. The molecule has 24 heavy (non-hydrogen) atoms. The van der Waals surface area contributed by atoms with Crippen LogP contribution < -0.4 is 10.1 Å².